The first-order chi connectivity index (χ1) is 5.92. The van der Waals surface area contributed by atoms with E-state index >= 15 is 0 Å². The Balaban J connectivity index is 2.43. The van der Waals surface area contributed by atoms with Gasteiger partial charge in [-0.3, -0.25) is 0 Å². The predicted octanol–water partition coefficient (Wildman–Crippen LogP) is 1.78. The predicted molar refractivity (Wildman–Crippen MR) is 48.4 cm³/mol. The van der Waals surface area contributed by atoms with E-state index in [9.17, 15) is 4.79 Å². The summed E-state index contributed by atoms with van der Waals surface area (Å²) in [6.45, 7) is 0.903. The average molecular weight is 161 g/mol. The fourth-order valence-corrected chi connectivity index (χ4v) is 1.64. The molecule has 0 bridgehead atoms. The highest BCUT2D eigenvalue weighted by Crippen LogP contribution is 2.29. The van der Waals surface area contributed by atoms with Crippen molar-refractivity contribution in [2.75, 3.05) is 11.9 Å². The number of hydrogen-bond donors (Lipinski definition) is 1. The minimum atomic E-state index is 0.0995. The van der Waals surface area contributed by atoms with E-state index in [2.05, 4.69) is 5.32 Å². The summed E-state index contributed by atoms with van der Waals surface area (Å²) in [6, 6.07) is 7.99. The minimum absolute atomic E-state index is 0.0995. The van der Waals surface area contributed by atoms with Gasteiger partial charge in [0, 0.05) is 18.2 Å². The summed E-state index contributed by atoms with van der Waals surface area (Å²) in [7, 11) is 0. The summed E-state index contributed by atoms with van der Waals surface area (Å²) >= 11 is 0. The van der Waals surface area contributed by atoms with Crippen molar-refractivity contribution in [2.45, 2.75) is 12.3 Å². The number of anilines is 1. The molecule has 2 nitrogen and oxygen atoms in total. The van der Waals surface area contributed by atoms with Gasteiger partial charge in [0.25, 0.3) is 0 Å². The molecule has 0 amide bonds. The first kappa shape index (κ1) is 7.35. The van der Waals surface area contributed by atoms with Gasteiger partial charge in [0.2, 0.25) is 0 Å². The maximum absolute atomic E-state index is 10.7. The van der Waals surface area contributed by atoms with Gasteiger partial charge in [0.05, 0.1) is 0 Å². The van der Waals surface area contributed by atoms with Crippen molar-refractivity contribution in [3.05, 3.63) is 29.8 Å². The van der Waals surface area contributed by atoms with E-state index in [4.69, 9.17) is 0 Å². The van der Waals surface area contributed by atoms with Crippen LogP contribution in [0.3, 0.4) is 0 Å². The standard InChI is InChI=1S/C10H11NO/c12-7-8-5-6-11-10-4-2-1-3-9(8)10/h1-4,7-8,11H,5-6H2. The Morgan fingerprint density at radius 1 is 1.42 bits per heavy atom. The van der Waals surface area contributed by atoms with Crippen LogP contribution in [-0.4, -0.2) is 12.8 Å². The molecule has 12 heavy (non-hydrogen) atoms. The first-order valence-electron chi connectivity index (χ1n) is 4.20. The summed E-state index contributed by atoms with van der Waals surface area (Å²) in [5.74, 6) is 0.0995. The minimum Gasteiger partial charge on any atom is -0.385 e. The maximum atomic E-state index is 10.7. The van der Waals surface area contributed by atoms with Gasteiger partial charge >= 0.3 is 0 Å². The van der Waals surface area contributed by atoms with E-state index in [1.165, 1.54) is 0 Å². The summed E-state index contributed by atoms with van der Waals surface area (Å²) in [4.78, 5) is 10.7. The van der Waals surface area contributed by atoms with Crippen LogP contribution < -0.4 is 5.32 Å². The third-order valence-electron chi connectivity index (χ3n) is 2.30. The van der Waals surface area contributed by atoms with Gasteiger partial charge in [-0.15, -0.1) is 0 Å². The molecule has 1 atom stereocenters. The molecule has 0 saturated carbocycles. The zero-order valence-electron chi connectivity index (χ0n) is 6.79. The van der Waals surface area contributed by atoms with Crippen LogP contribution in [-0.2, 0) is 4.79 Å². The van der Waals surface area contributed by atoms with Gasteiger partial charge in [-0.1, -0.05) is 18.2 Å². The van der Waals surface area contributed by atoms with E-state index in [1.54, 1.807) is 0 Å². The molecule has 0 aromatic heterocycles. The molecule has 1 aliphatic heterocycles. The topological polar surface area (TPSA) is 29.1 Å². The molecule has 2 heteroatoms. The van der Waals surface area contributed by atoms with Gasteiger partial charge in [-0.05, 0) is 18.1 Å². The molecule has 0 saturated heterocycles. The lowest BCUT2D eigenvalue weighted by molar-refractivity contribution is -0.109. The van der Waals surface area contributed by atoms with Crippen LogP contribution in [0.2, 0.25) is 0 Å². The van der Waals surface area contributed by atoms with Crippen molar-refractivity contribution < 1.29 is 4.79 Å². The number of carbonyl (C=O) groups excluding carboxylic acids is 1. The number of benzene rings is 1. The third-order valence-corrected chi connectivity index (χ3v) is 2.30. The summed E-state index contributed by atoms with van der Waals surface area (Å²) in [6.07, 6.45) is 1.96. The Labute approximate surface area is 71.6 Å². The highest BCUT2D eigenvalue weighted by Gasteiger charge is 2.17. The van der Waals surface area contributed by atoms with Crippen molar-refractivity contribution in [2.24, 2.45) is 0 Å². The van der Waals surface area contributed by atoms with Gasteiger partial charge < -0.3 is 10.1 Å². The largest absolute Gasteiger partial charge is 0.385 e. The van der Waals surface area contributed by atoms with E-state index in [0.29, 0.717) is 0 Å². The maximum Gasteiger partial charge on any atom is 0.127 e. The molecule has 1 heterocycles. The molecule has 1 aliphatic rings. The third kappa shape index (κ3) is 1.09. The highest BCUT2D eigenvalue weighted by atomic mass is 16.1. The second kappa shape index (κ2) is 2.97. The molecule has 62 valence electrons. The van der Waals surface area contributed by atoms with Crippen molar-refractivity contribution >= 4 is 12.0 Å². The van der Waals surface area contributed by atoms with Crippen LogP contribution in [0.1, 0.15) is 17.9 Å². The molecule has 1 aromatic rings. The zero-order valence-corrected chi connectivity index (χ0v) is 6.79. The molecule has 0 radical (unpaired) electrons. The number of para-hydroxylation sites is 1. The number of rotatable bonds is 1. The molecule has 0 spiro atoms. The van der Waals surface area contributed by atoms with Crippen molar-refractivity contribution in [3.63, 3.8) is 0 Å². The Bertz CT molecular complexity index is 296. The normalized spacial score (nSPS) is 20.8. The Kier molecular flexibility index (Phi) is 1.82. The molecule has 1 aromatic carbocycles. The van der Waals surface area contributed by atoms with Crippen LogP contribution in [0, 0.1) is 0 Å². The fourth-order valence-electron chi connectivity index (χ4n) is 1.64. The molecule has 0 aliphatic carbocycles. The van der Waals surface area contributed by atoms with Crippen molar-refractivity contribution in [3.8, 4) is 0 Å². The molecular weight excluding hydrogens is 150 g/mol. The van der Waals surface area contributed by atoms with Crippen LogP contribution in [0.25, 0.3) is 0 Å². The van der Waals surface area contributed by atoms with E-state index in [1.807, 2.05) is 24.3 Å². The summed E-state index contributed by atoms with van der Waals surface area (Å²) in [5.41, 5.74) is 2.25. The number of fused-ring (bicyclic) bond motifs is 1. The molecule has 0 fully saturated rings. The number of nitrogens with one attached hydrogen (secondary N) is 1. The van der Waals surface area contributed by atoms with E-state index < -0.39 is 0 Å². The van der Waals surface area contributed by atoms with Gasteiger partial charge in [-0.2, -0.15) is 0 Å². The monoisotopic (exact) mass is 161 g/mol. The average Bonchev–Trinajstić information content (AvgIpc) is 2.17. The van der Waals surface area contributed by atoms with Crippen molar-refractivity contribution in [1.82, 2.24) is 0 Å². The van der Waals surface area contributed by atoms with Gasteiger partial charge in [0.1, 0.15) is 6.29 Å². The van der Waals surface area contributed by atoms with Crippen molar-refractivity contribution in [1.29, 1.82) is 0 Å². The lowest BCUT2D eigenvalue weighted by Crippen LogP contribution is -2.17. The summed E-state index contributed by atoms with van der Waals surface area (Å²) < 4.78 is 0. The summed E-state index contributed by atoms with van der Waals surface area (Å²) in [5, 5.41) is 3.27. The first-order valence-corrected chi connectivity index (χ1v) is 4.20. The molecule has 1 unspecified atom stereocenters. The van der Waals surface area contributed by atoms with E-state index in [0.717, 1.165) is 30.5 Å². The van der Waals surface area contributed by atoms with Crippen LogP contribution >= 0.6 is 0 Å². The highest BCUT2D eigenvalue weighted by molar-refractivity contribution is 5.69. The Hall–Kier alpha value is -1.31. The second-order valence-corrected chi connectivity index (χ2v) is 3.05. The van der Waals surface area contributed by atoms with Crippen LogP contribution in [0.5, 0.6) is 0 Å². The fraction of sp³-hybridized carbons (Fsp3) is 0.300. The Morgan fingerprint density at radius 2 is 2.25 bits per heavy atom. The van der Waals surface area contributed by atoms with Crippen LogP contribution in [0.15, 0.2) is 24.3 Å². The van der Waals surface area contributed by atoms with Gasteiger partial charge in [-0.25, -0.2) is 0 Å². The lowest BCUT2D eigenvalue weighted by atomic mass is 9.92. The quantitative estimate of drug-likeness (QED) is 0.636. The Morgan fingerprint density at radius 3 is 3.08 bits per heavy atom. The second-order valence-electron chi connectivity index (χ2n) is 3.05. The smallest absolute Gasteiger partial charge is 0.127 e. The number of aldehydes is 1. The van der Waals surface area contributed by atoms with Crippen LogP contribution in [0.4, 0.5) is 5.69 Å². The van der Waals surface area contributed by atoms with Gasteiger partial charge in [0.15, 0.2) is 0 Å². The van der Waals surface area contributed by atoms with E-state index in [-0.39, 0.29) is 5.92 Å². The molecule has 2 rings (SSSR count). The zero-order chi connectivity index (χ0) is 8.39. The lowest BCUT2D eigenvalue weighted by Gasteiger charge is -2.22. The molecule has 1 N–H and O–H groups in total. The molecular formula is C10H11NO. The number of hydrogen-bond acceptors (Lipinski definition) is 2. The number of carbonyl (C=O) groups is 1. The SMILES string of the molecule is O=CC1CCNc2ccccc21.